The molecule has 1 atom stereocenters. The SMILES string of the molecule is Cc1nc2c(F)cc(-c3nc(Nc4ccc(C(=O)N5CCC[C@H](O)C5)cn4)ncc3F)cc2n1C(C)C. The van der Waals surface area contributed by atoms with Crippen LogP contribution in [-0.4, -0.2) is 59.6 Å². The Kier molecular flexibility index (Phi) is 6.55. The number of fused-ring (bicyclic) bond motifs is 1. The van der Waals surface area contributed by atoms with Gasteiger partial charge in [-0.25, -0.2) is 28.7 Å². The molecular formula is C26H27F2N7O2. The lowest BCUT2D eigenvalue weighted by molar-refractivity contribution is 0.0473. The molecule has 5 rings (SSSR count). The van der Waals surface area contributed by atoms with Crippen LogP contribution >= 0.6 is 0 Å². The van der Waals surface area contributed by atoms with Gasteiger partial charge in [-0.05, 0) is 57.9 Å². The van der Waals surface area contributed by atoms with Crippen LogP contribution in [0.3, 0.4) is 0 Å². The van der Waals surface area contributed by atoms with Gasteiger partial charge in [0, 0.05) is 30.9 Å². The van der Waals surface area contributed by atoms with Gasteiger partial charge >= 0.3 is 0 Å². The minimum atomic E-state index is -0.700. The smallest absolute Gasteiger partial charge is 0.255 e. The molecule has 3 aromatic heterocycles. The normalized spacial score (nSPS) is 16.0. The highest BCUT2D eigenvalue weighted by Gasteiger charge is 2.23. The molecule has 4 heterocycles. The number of carbonyl (C=O) groups excluding carboxylic acids is 1. The minimum Gasteiger partial charge on any atom is -0.391 e. The number of likely N-dealkylation sites (tertiary alicyclic amines) is 1. The van der Waals surface area contributed by atoms with E-state index in [0.717, 1.165) is 12.6 Å². The maximum atomic E-state index is 14.9. The Bertz CT molecular complexity index is 1470. The molecule has 9 nitrogen and oxygen atoms in total. The molecule has 192 valence electrons. The van der Waals surface area contributed by atoms with Gasteiger partial charge in [0.15, 0.2) is 11.6 Å². The number of pyridine rings is 1. The standard InChI is InChI=1S/C26H27F2N7O2/c1-14(2)35-15(3)31-24-19(27)9-17(10-21(24)35)23-20(28)12-30-26(33-23)32-22-7-6-16(11-29-22)25(37)34-8-4-5-18(36)13-34/h6-7,9-12,14,18,36H,4-5,8,13H2,1-3H3,(H,29,30,32,33)/t18-/m0/s1. The van der Waals surface area contributed by atoms with Crippen molar-refractivity contribution in [2.75, 3.05) is 18.4 Å². The number of nitrogens with zero attached hydrogens (tertiary/aromatic N) is 6. The maximum absolute atomic E-state index is 14.9. The summed E-state index contributed by atoms with van der Waals surface area (Å²) in [6.45, 7) is 6.62. The van der Waals surface area contributed by atoms with Crippen LogP contribution in [0.4, 0.5) is 20.5 Å². The molecule has 0 unspecified atom stereocenters. The van der Waals surface area contributed by atoms with Crippen LogP contribution in [0.1, 0.15) is 48.9 Å². The first-order valence-electron chi connectivity index (χ1n) is 12.1. The number of anilines is 2. The zero-order valence-electron chi connectivity index (χ0n) is 20.7. The third-order valence-corrected chi connectivity index (χ3v) is 6.39. The fraction of sp³-hybridized carbons (Fsp3) is 0.346. The summed E-state index contributed by atoms with van der Waals surface area (Å²) >= 11 is 0. The molecule has 11 heteroatoms. The number of aromatic nitrogens is 5. The lowest BCUT2D eigenvalue weighted by atomic mass is 10.1. The average Bonchev–Trinajstić information content (AvgIpc) is 3.22. The molecule has 0 saturated carbocycles. The predicted molar refractivity (Wildman–Crippen MR) is 134 cm³/mol. The fourth-order valence-corrected chi connectivity index (χ4v) is 4.72. The summed E-state index contributed by atoms with van der Waals surface area (Å²) in [7, 11) is 0. The number of amides is 1. The molecule has 2 N–H and O–H groups in total. The number of imidazole rings is 1. The van der Waals surface area contributed by atoms with E-state index >= 15 is 0 Å². The molecule has 37 heavy (non-hydrogen) atoms. The Labute approximate surface area is 212 Å². The summed E-state index contributed by atoms with van der Waals surface area (Å²) in [5.74, 6) is -0.388. The van der Waals surface area contributed by atoms with Gasteiger partial charge in [-0.15, -0.1) is 0 Å². The second-order valence-electron chi connectivity index (χ2n) is 9.44. The molecule has 0 bridgehead atoms. The minimum absolute atomic E-state index is 0.0352. The van der Waals surface area contributed by atoms with Crippen molar-refractivity contribution in [2.45, 2.75) is 45.8 Å². The van der Waals surface area contributed by atoms with E-state index in [1.165, 1.54) is 12.3 Å². The number of halogens is 2. The summed E-state index contributed by atoms with van der Waals surface area (Å²) in [5.41, 5.74) is 1.36. The quantitative estimate of drug-likeness (QED) is 0.412. The number of nitrogens with one attached hydrogen (secondary N) is 1. The molecule has 1 aliphatic rings. The summed E-state index contributed by atoms with van der Waals surface area (Å²) in [6, 6.07) is 6.12. The highest BCUT2D eigenvalue weighted by atomic mass is 19.1. The van der Waals surface area contributed by atoms with Gasteiger partial charge in [0.25, 0.3) is 5.91 Å². The van der Waals surface area contributed by atoms with E-state index < -0.39 is 17.7 Å². The van der Waals surface area contributed by atoms with Crippen molar-refractivity contribution in [3.63, 3.8) is 0 Å². The Morgan fingerprint density at radius 3 is 2.65 bits per heavy atom. The maximum Gasteiger partial charge on any atom is 0.255 e. The third kappa shape index (κ3) is 4.86. The van der Waals surface area contributed by atoms with Crippen molar-refractivity contribution in [1.82, 2.24) is 29.4 Å². The van der Waals surface area contributed by atoms with Crippen LogP contribution in [0, 0.1) is 18.6 Å². The topological polar surface area (TPSA) is 109 Å². The number of β-amino-alcohol motifs (C(OH)–C–C–N with tert-alkyl or cyclic N) is 1. The van der Waals surface area contributed by atoms with Crippen LogP contribution < -0.4 is 5.32 Å². The number of hydrogen-bond acceptors (Lipinski definition) is 7. The Morgan fingerprint density at radius 2 is 1.95 bits per heavy atom. The first-order chi connectivity index (χ1) is 17.7. The van der Waals surface area contributed by atoms with Gasteiger partial charge in [0.1, 0.15) is 22.9 Å². The van der Waals surface area contributed by atoms with Crippen LogP contribution in [0.5, 0.6) is 0 Å². The van der Waals surface area contributed by atoms with Gasteiger partial charge in [-0.3, -0.25) is 4.79 Å². The average molecular weight is 508 g/mol. The Morgan fingerprint density at radius 1 is 1.14 bits per heavy atom. The largest absolute Gasteiger partial charge is 0.391 e. The van der Waals surface area contributed by atoms with Crippen LogP contribution in [-0.2, 0) is 0 Å². The number of piperidine rings is 1. The second-order valence-corrected chi connectivity index (χ2v) is 9.44. The van der Waals surface area contributed by atoms with Gasteiger partial charge < -0.3 is 19.9 Å². The number of rotatable bonds is 5. The number of carbonyl (C=O) groups is 1. The molecule has 1 saturated heterocycles. The predicted octanol–water partition coefficient (Wildman–Crippen LogP) is 4.40. The van der Waals surface area contributed by atoms with Crippen molar-refractivity contribution in [3.05, 3.63) is 59.7 Å². The van der Waals surface area contributed by atoms with E-state index in [-0.39, 0.29) is 34.7 Å². The molecule has 4 aromatic rings. The van der Waals surface area contributed by atoms with Crippen LogP contribution in [0.2, 0.25) is 0 Å². The molecule has 1 amide bonds. The molecule has 1 aromatic carbocycles. The first kappa shape index (κ1) is 24.7. The van der Waals surface area contributed by atoms with Gasteiger partial charge in [0.2, 0.25) is 5.95 Å². The van der Waals surface area contributed by atoms with Crippen molar-refractivity contribution in [2.24, 2.45) is 0 Å². The number of aryl methyl sites for hydroxylation is 1. The van der Waals surface area contributed by atoms with E-state index in [1.54, 1.807) is 30.0 Å². The van der Waals surface area contributed by atoms with Gasteiger partial charge in [-0.1, -0.05) is 0 Å². The van der Waals surface area contributed by atoms with E-state index in [1.807, 2.05) is 18.4 Å². The fourth-order valence-electron chi connectivity index (χ4n) is 4.72. The molecule has 0 radical (unpaired) electrons. The Hall–Kier alpha value is -3.99. The first-order valence-corrected chi connectivity index (χ1v) is 12.1. The van der Waals surface area contributed by atoms with Crippen molar-refractivity contribution < 1.29 is 18.7 Å². The monoisotopic (exact) mass is 507 g/mol. The molecule has 0 spiro atoms. The van der Waals surface area contributed by atoms with Crippen LogP contribution in [0.15, 0.2) is 36.7 Å². The van der Waals surface area contributed by atoms with Crippen LogP contribution in [0.25, 0.3) is 22.3 Å². The zero-order valence-corrected chi connectivity index (χ0v) is 20.7. The van der Waals surface area contributed by atoms with Gasteiger partial charge in [0.05, 0.1) is 23.4 Å². The summed E-state index contributed by atoms with van der Waals surface area (Å²) in [6.07, 6.45) is 3.36. The van der Waals surface area contributed by atoms with Gasteiger partial charge in [-0.2, -0.15) is 0 Å². The number of benzene rings is 1. The number of aliphatic hydroxyl groups is 1. The highest BCUT2D eigenvalue weighted by molar-refractivity contribution is 5.94. The van der Waals surface area contributed by atoms with E-state index in [9.17, 15) is 18.7 Å². The molecular weight excluding hydrogens is 480 g/mol. The highest BCUT2D eigenvalue weighted by Crippen LogP contribution is 2.30. The summed E-state index contributed by atoms with van der Waals surface area (Å²) in [4.78, 5) is 31.1. The van der Waals surface area contributed by atoms with Crippen molar-refractivity contribution >= 4 is 28.7 Å². The number of hydrogen-bond donors (Lipinski definition) is 2. The molecule has 1 fully saturated rings. The lowest BCUT2D eigenvalue weighted by Crippen LogP contribution is -2.42. The van der Waals surface area contributed by atoms with Crippen molar-refractivity contribution in [3.8, 4) is 11.3 Å². The van der Waals surface area contributed by atoms with E-state index in [2.05, 4.69) is 25.3 Å². The zero-order chi connectivity index (χ0) is 26.3. The summed E-state index contributed by atoms with van der Waals surface area (Å²) in [5, 5.41) is 12.7. The third-order valence-electron chi connectivity index (χ3n) is 6.39. The second kappa shape index (κ2) is 9.81. The van der Waals surface area contributed by atoms with E-state index in [0.29, 0.717) is 42.2 Å². The Balaban J connectivity index is 1.40. The molecule has 1 aliphatic heterocycles. The van der Waals surface area contributed by atoms with E-state index in [4.69, 9.17) is 0 Å². The molecule has 0 aliphatic carbocycles. The summed E-state index contributed by atoms with van der Waals surface area (Å²) < 4.78 is 31.6. The van der Waals surface area contributed by atoms with Crippen molar-refractivity contribution in [1.29, 1.82) is 0 Å². The lowest BCUT2D eigenvalue weighted by Gasteiger charge is -2.30. The number of aliphatic hydroxyl groups excluding tert-OH is 1.